The first-order valence-corrected chi connectivity index (χ1v) is 8.72. The Kier molecular flexibility index (Phi) is 5.29. The van der Waals surface area contributed by atoms with Gasteiger partial charge in [-0.2, -0.15) is 10.5 Å². The minimum Gasteiger partial charge on any atom is -0.476 e. The van der Waals surface area contributed by atoms with Crippen molar-refractivity contribution in [3.8, 4) is 29.1 Å². The Hall–Kier alpha value is -4.17. The zero-order chi connectivity index (χ0) is 21.0. The van der Waals surface area contributed by atoms with Gasteiger partial charge in [0, 0.05) is 46.7 Å². The van der Waals surface area contributed by atoms with Crippen molar-refractivity contribution in [2.45, 2.75) is 13.8 Å². The van der Waals surface area contributed by atoms with E-state index < -0.39 is 11.3 Å². The molecule has 0 bridgehead atoms. The van der Waals surface area contributed by atoms with Gasteiger partial charge in [-0.05, 0) is 32.1 Å². The molecule has 1 amide bonds. The lowest BCUT2D eigenvalue weighted by Crippen LogP contribution is -2.19. The number of nitrogens with zero attached hydrogens (tertiary/aromatic N) is 4. The van der Waals surface area contributed by atoms with Crippen LogP contribution >= 0.6 is 0 Å². The topological polar surface area (TPSA) is 141 Å². The Morgan fingerprint density at radius 2 is 2.03 bits per heavy atom. The maximum atomic E-state index is 11.3. The molecule has 8 heteroatoms. The summed E-state index contributed by atoms with van der Waals surface area (Å²) in [5.41, 5.74) is 7.35. The molecule has 0 radical (unpaired) electrons. The standard InChI is InChI=1S/C21H18N6O2/c1-21(2,11-23)12-29-18-4-3-13(8-25-18)15-6-17-16(5-14(7-22)19(24)28)10-27-20(17)26-9-15/h3-6,8-10H,12H2,1-2H3,(H2,24,28)(H,26,27). The van der Waals surface area contributed by atoms with Crippen LogP contribution in [-0.2, 0) is 4.79 Å². The summed E-state index contributed by atoms with van der Waals surface area (Å²) in [7, 11) is 0. The van der Waals surface area contributed by atoms with E-state index in [9.17, 15) is 4.79 Å². The number of nitriles is 2. The molecule has 3 heterocycles. The fraction of sp³-hybridized carbons (Fsp3) is 0.190. The van der Waals surface area contributed by atoms with Crippen LogP contribution in [0.3, 0.4) is 0 Å². The van der Waals surface area contributed by atoms with E-state index in [2.05, 4.69) is 21.0 Å². The highest BCUT2D eigenvalue weighted by atomic mass is 16.5. The number of rotatable bonds is 6. The maximum absolute atomic E-state index is 11.3. The van der Waals surface area contributed by atoms with Gasteiger partial charge >= 0.3 is 0 Å². The molecule has 0 aromatic carbocycles. The molecule has 0 unspecified atom stereocenters. The summed E-state index contributed by atoms with van der Waals surface area (Å²) in [6.07, 6.45) is 6.44. The van der Waals surface area contributed by atoms with E-state index in [1.807, 2.05) is 12.1 Å². The van der Waals surface area contributed by atoms with Crippen LogP contribution in [0, 0.1) is 28.1 Å². The van der Waals surface area contributed by atoms with Crippen LogP contribution in [0.15, 0.2) is 42.4 Å². The van der Waals surface area contributed by atoms with E-state index in [4.69, 9.17) is 21.0 Å². The smallest absolute Gasteiger partial charge is 0.259 e. The first-order valence-electron chi connectivity index (χ1n) is 8.72. The van der Waals surface area contributed by atoms with Crippen LogP contribution < -0.4 is 10.5 Å². The summed E-state index contributed by atoms with van der Waals surface area (Å²) < 4.78 is 5.57. The van der Waals surface area contributed by atoms with Gasteiger partial charge < -0.3 is 15.5 Å². The zero-order valence-electron chi connectivity index (χ0n) is 15.9. The zero-order valence-corrected chi connectivity index (χ0v) is 15.9. The van der Waals surface area contributed by atoms with Gasteiger partial charge in [0.1, 0.15) is 23.9 Å². The number of amides is 1. The largest absolute Gasteiger partial charge is 0.476 e. The van der Waals surface area contributed by atoms with E-state index in [1.54, 1.807) is 44.6 Å². The number of aromatic amines is 1. The average Bonchev–Trinajstić information content (AvgIpc) is 3.12. The predicted molar refractivity (Wildman–Crippen MR) is 107 cm³/mol. The number of aromatic nitrogens is 3. The number of ether oxygens (including phenoxy) is 1. The van der Waals surface area contributed by atoms with Crippen LogP contribution in [0.4, 0.5) is 0 Å². The molecule has 0 aliphatic heterocycles. The second-order valence-electron chi connectivity index (χ2n) is 7.07. The number of fused-ring (bicyclic) bond motifs is 1. The fourth-order valence-electron chi connectivity index (χ4n) is 2.54. The lowest BCUT2D eigenvalue weighted by molar-refractivity contribution is -0.114. The molecule has 144 valence electrons. The van der Waals surface area contributed by atoms with Crippen molar-refractivity contribution < 1.29 is 9.53 Å². The summed E-state index contributed by atoms with van der Waals surface area (Å²) in [5.74, 6) is -0.359. The van der Waals surface area contributed by atoms with E-state index in [0.717, 1.165) is 16.5 Å². The second kappa shape index (κ2) is 7.83. The third kappa shape index (κ3) is 4.40. The number of carbonyl (C=O) groups excluding carboxylic acids is 1. The summed E-state index contributed by atoms with van der Waals surface area (Å²) in [5, 5.41) is 18.8. The van der Waals surface area contributed by atoms with Crippen molar-refractivity contribution in [1.29, 1.82) is 10.5 Å². The van der Waals surface area contributed by atoms with Gasteiger partial charge in [-0.3, -0.25) is 4.79 Å². The van der Waals surface area contributed by atoms with Crippen molar-refractivity contribution in [1.82, 2.24) is 15.0 Å². The Bertz CT molecular complexity index is 1180. The number of hydrogen-bond donors (Lipinski definition) is 2. The van der Waals surface area contributed by atoms with Gasteiger partial charge in [0.25, 0.3) is 5.91 Å². The molecule has 0 saturated carbocycles. The molecule has 0 spiro atoms. The van der Waals surface area contributed by atoms with E-state index in [1.165, 1.54) is 6.08 Å². The normalized spacial score (nSPS) is 11.7. The molecule has 0 aliphatic carbocycles. The van der Waals surface area contributed by atoms with Crippen LogP contribution in [-0.4, -0.2) is 27.5 Å². The summed E-state index contributed by atoms with van der Waals surface area (Å²) in [4.78, 5) is 23.0. The average molecular weight is 386 g/mol. The minimum atomic E-state index is -0.787. The summed E-state index contributed by atoms with van der Waals surface area (Å²) in [6.45, 7) is 3.83. The van der Waals surface area contributed by atoms with Gasteiger partial charge in [-0.25, -0.2) is 9.97 Å². The molecule has 0 saturated heterocycles. The third-order valence-corrected chi connectivity index (χ3v) is 4.20. The second-order valence-corrected chi connectivity index (χ2v) is 7.07. The van der Waals surface area contributed by atoms with E-state index in [0.29, 0.717) is 17.1 Å². The van der Waals surface area contributed by atoms with Crippen LogP contribution in [0.5, 0.6) is 5.88 Å². The molecule has 0 aliphatic rings. The molecular formula is C21H18N6O2. The highest BCUT2D eigenvalue weighted by Crippen LogP contribution is 2.26. The molecule has 0 atom stereocenters. The highest BCUT2D eigenvalue weighted by molar-refractivity contribution is 6.03. The van der Waals surface area contributed by atoms with Gasteiger partial charge in [-0.15, -0.1) is 0 Å². The lowest BCUT2D eigenvalue weighted by Gasteiger charge is -2.15. The Morgan fingerprint density at radius 3 is 2.66 bits per heavy atom. The van der Waals surface area contributed by atoms with Gasteiger partial charge in [0.15, 0.2) is 0 Å². The van der Waals surface area contributed by atoms with Crippen molar-refractivity contribution >= 4 is 23.0 Å². The molecule has 0 fully saturated rings. The maximum Gasteiger partial charge on any atom is 0.259 e. The number of primary amides is 1. The fourth-order valence-corrected chi connectivity index (χ4v) is 2.54. The third-order valence-electron chi connectivity index (χ3n) is 4.20. The Balaban J connectivity index is 1.89. The van der Waals surface area contributed by atoms with Crippen LogP contribution in [0.2, 0.25) is 0 Å². The van der Waals surface area contributed by atoms with Crippen molar-refractivity contribution in [3.05, 3.63) is 47.9 Å². The number of pyridine rings is 2. The van der Waals surface area contributed by atoms with Gasteiger partial charge in [0.2, 0.25) is 5.88 Å². The number of hydrogen-bond acceptors (Lipinski definition) is 6. The minimum absolute atomic E-state index is 0.139. The molecule has 3 N–H and O–H groups in total. The SMILES string of the molecule is CC(C)(C#N)COc1ccc(-c2cnc3[nH]cc(C=C(C#N)C(N)=O)c3c2)cn1. The number of nitrogens with one attached hydrogen (secondary N) is 1. The first kappa shape index (κ1) is 19.6. The molecule has 29 heavy (non-hydrogen) atoms. The van der Waals surface area contributed by atoms with Crippen LogP contribution in [0.25, 0.3) is 28.2 Å². The van der Waals surface area contributed by atoms with Gasteiger partial charge in [0.05, 0.1) is 11.5 Å². The molecular weight excluding hydrogens is 368 g/mol. The Morgan fingerprint density at radius 1 is 1.28 bits per heavy atom. The predicted octanol–water partition coefficient (Wildman–Crippen LogP) is 2.95. The van der Waals surface area contributed by atoms with E-state index in [-0.39, 0.29) is 12.2 Å². The van der Waals surface area contributed by atoms with Crippen LogP contribution in [0.1, 0.15) is 19.4 Å². The van der Waals surface area contributed by atoms with Crippen molar-refractivity contribution in [2.24, 2.45) is 11.1 Å². The first-order chi connectivity index (χ1) is 13.8. The highest BCUT2D eigenvalue weighted by Gasteiger charge is 2.18. The van der Waals surface area contributed by atoms with E-state index >= 15 is 0 Å². The molecule has 3 aromatic heterocycles. The monoisotopic (exact) mass is 386 g/mol. The van der Waals surface area contributed by atoms with Crippen molar-refractivity contribution in [2.75, 3.05) is 6.61 Å². The summed E-state index contributed by atoms with van der Waals surface area (Å²) >= 11 is 0. The Labute approximate surface area is 167 Å². The molecule has 8 nitrogen and oxygen atoms in total. The van der Waals surface area contributed by atoms with Crippen molar-refractivity contribution in [3.63, 3.8) is 0 Å². The number of nitrogens with two attached hydrogens (primary N) is 1. The number of carbonyl (C=O) groups is 1. The lowest BCUT2D eigenvalue weighted by atomic mass is 9.98. The quantitative estimate of drug-likeness (QED) is 0.493. The molecule has 3 aromatic rings. The van der Waals surface area contributed by atoms with Gasteiger partial charge in [-0.1, -0.05) is 0 Å². The molecule has 3 rings (SSSR count). The summed E-state index contributed by atoms with van der Waals surface area (Å²) in [6, 6.07) is 9.43. The number of H-pyrrole nitrogens is 1.